The molecule has 0 unspecified atom stereocenters. The van der Waals surface area contributed by atoms with Crippen LogP contribution in [0.15, 0.2) is 22.7 Å². The van der Waals surface area contributed by atoms with E-state index in [-0.39, 0.29) is 0 Å². The highest BCUT2D eigenvalue weighted by Crippen LogP contribution is 2.24. The van der Waals surface area contributed by atoms with Crippen molar-refractivity contribution < 1.29 is 4.74 Å². The fraction of sp³-hybridized carbons (Fsp3) is 0.625. The molecular weight excluding hydrogens is 302 g/mol. The number of methoxy groups -OCH3 is 1. The summed E-state index contributed by atoms with van der Waals surface area (Å²) in [7, 11) is 1.74. The molecule has 0 heterocycles. The average molecular weight is 328 g/mol. The van der Waals surface area contributed by atoms with Crippen LogP contribution in [0.5, 0.6) is 5.75 Å². The Kier molecular flexibility index (Phi) is 8.15. The van der Waals surface area contributed by atoms with Gasteiger partial charge in [-0.15, -0.1) is 0 Å². The molecule has 0 radical (unpaired) electrons. The standard InChI is InChI=1S/C16H26BrNO/c1-13(2)18-11-7-5-4-6-8-14-12-15(17)9-10-16(14)19-3/h9-10,12-13,18H,4-8,11H2,1-3H3. The molecule has 0 amide bonds. The highest BCUT2D eigenvalue weighted by Gasteiger charge is 2.03. The van der Waals surface area contributed by atoms with Gasteiger partial charge in [-0.25, -0.2) is 0 Å². The van der Waals surface area contributed by atoms with Gasteiger partial charge >= 0.3 is 0 Å². The first kappa shape index (κ1) is 16.5. The maximum absolute atomic E-state index is 5.39. The predicted octanol–water partition coefficient (Wildman–Crippen LogP) is 4.56. The fourth-order valence-electron chi connectivity index (χ4n) is 2.13. The number of aryl methyl sites for hydroxylation is 1. The zero-order valence-electron chi connectivity index (χ0n) is 12.3. The van der Waals surface area contributed by atoms with Crippen molar-refractivity contribution in [2.75, 3.05) is 13.7 Å². The lowest BCUT2D eigenvalue weighted by Gasteiger charge is -2.09. The number of halogens is 1. The zero-order chi connectivity index (χ0) is 14.1. The van der Waals surface area contributed by atoms with Crippen LogP contribution in [0.4, 0.5) is 0 Å². The Bertz CT molecular complexity index is 366. The van der Waals surface area contributed by atoms with Gasteiger partial charge in [0, 0.05) is 10.5 Å². The maximum atomic E-state index is 5.39. The van der Waals surface area contributed by atoms with Crippen molar-refractivity contribution in [3.8, 4) is 5.75 Å². The number of nitrogens with one attached hydrogen (secondary N) is 1. The van der Waals surface area contributed by atoms with Crippen LogP contribution in [-0.4, -0.2) is 19.7 Å². The van der Waals surface area contributed by atoms with Crippen molar-refractivity contribution in [3.05, 3.63) is 28.2 Å². The first-order valence-electron chi connectivity index (χ1n) is 7.19. The van der Waals surface area contributed by atoms with Crippen LogP contribution in [-0.2, 0) is 6.42 Å². The van der Waals surface area contributed by atoms with E-state index in [0.717, 1.165) is 23.2 Å². The van der Waals surface area contributed by atoms with E-state index in [1.807, 2.05) is 12.1 Å². The van der Waals surface area contributed by atoms with Gasteiger partial charge in [0.1, 0.15) is 5.75 Å². The molecule has 0 aliphatic carbocycles. The Hall–Kier alpha value is -0.540. The van der Waals surface area contributed by atoms with Crippen molar-refractivity contribution >= 4 is 15.9 Å². The van der Waals surface area contributed by atoms with Crippen molar-refractivity contribution in [1.82, 2.24) is 5.32 Å². The summed E-state index contributed by atoms with van der Waals surface area (Å²) in [5.41, 5.74) is 1.30. The van der Waals surface area contributed by atoms with Gasteiger partial charge in [0.05, 0.1) is 7.11 Å². The molecule has 0 aromatic heterocycles. The molecule has 0 fully saturated rings. The van der Waals surface area contributed by atoms with Gasteiger partial charge in [-0.1, -0.05) is 42.6 Å². The first-order valence-corrected chi connectivity index (χ1v) is 7.98. The van der Waals surface area contributed by atoms with Crippen molar-refractivity contribution in [2.45, 2.75) is 52.0 Å². The summed E-state index contributed by atoms with van der Waals surface area (Å²) in [6, 6.07) is 6.83. The third kappa shape index (κ3) is 6.98. The van der Waals surface area contributed by atoms with Gasteiger partial charge in [0.15, 0.2) is 0 Å². The topological polar surface area (TPSA) is 21.3 Å². The van der Waals surface area contributed by atoms with Crippen LogP contribution < -0.4 is 10.1 Å². The number of ether oxygens (including phenoxy) is 1. The second-order valence-corrected chi connectivity index (χ2v) is 6.14. The lowest BCUT2D eigenvalue weighted by atomic mass is 10.1. The van der Waals surface area contributed by atoms with E-state index in [1.165, 1.54) is 31.2 Å². The van der Waals surface area contributed by atoms with E-state index in [1.54, 1.807) is 7.11 Å². The Labute approximate surface area is 126 Å². The van der Waals surface area contributed by atoms with E-state index < -0.39 is 0 Å². The number of rotatable bonds is 9. The van der Waals surface area contributed by atoms with Crippen molar-refractivity contribution in [3.63, 3.8) is 0 Å². The molecule has 0 bridgehead atoms. The highest BCUT2D eigenvalue weighted by molar-refractivity contribution is 9.10. The lowest BCUT2D eigenvalue weighted by Crippen LogP contribution is -2.23. The molecule has 3 heteroatoms. The second-order valence-electron chi connectivity index (χ2n) is 5.23. The van der Waals surface area contributed by atoms with Crippen LogP contribution >= 0.6 is 15.9 Å². The van der Waals surface area contributed by atoms with Gasteiger partial charge in [-0.3, -0.25) is 0 Å². The molecule has 19 heavy (non-hydrogen) atoms. The Morgan fingerprint density at radius 3 is 2.58 bits per heavy atom. The molecule has 1 aromatic rings. The Balaban J connectivity index is 2.20. The summed E-state index contributed by atoms with van der Waals surface area (Å²) in [6.45, 7) is 5.52. The second kappa shape index (κ2) is 9.38. The van der Waals surface area contributed by atoms with Crippen LogP contribution in [0.1, 0.15) is 45.1 Å². The summed E-state index contributed by atoms with van der Waals surface area (Å²) < 4.78 is 6.52. The van der Waals surface area contributed by atoms with E-state index in [2.05, 4.69) is 41.2 Å². The van der Waals surface area contributed by atoms with E-state index in [4.69, 9.17) is 4.74 Å². The molecule has 1 rings (SSSR count). The molecule has 0 saturated heterocycles. The molecule has 0 atom stereocenters. The predicted molar refractivity (Wildman–Crippen MR) is 86.0 cm³/mol. The minimum Gasteiger partial charge on any atom is -0.496 e. The van der Waals surface area contributed by atoms with E-state index >= 15 is 0 Å². The normalized spacial score (nSPS) is 11.0. The SMILES string of the molecule is COc1ccc(Br)cc1CCCCCCNC(C)C. The maximum Gasteiger partial charge on any atom is 0.122 e. The highest BCUT2D eigenvalue weighted by atomic mass is 79.9. The molecule has 1 aromatic carbocycles. The van der Waals surface area contributed by atoms with Gasteiger partial charge in [0.2, 0.25) is 0 Å². The molecule has 2 nitrogen and oxygen atoms in total. The average Bonchev–Trinajstić information content (AvgIpc) is 2.37. The molecule has 1 N–H and O–H groups in total. The summed E-state index contributed by atoms with van der Waals surface area (Å²) in [5.74, 6) is 1.00. The summed E-state index contributed by atoms with van der Waals surface area (Å²) in [4.78, 5) is 0. The minimum atomic E-state index is 0.603. The van der Waals surface area contributed by atoms with Crippen molar-refractivity contribution in [2.24, 2.45) is 0 Å². The minimum absolute atomic E-state index is 0.603. The first-order chi connectivity index (χ1) is 9.13. The Morgan fingerprint density at radius 2 is 1.89 bits per heavy atom. The molecule has 0 saturated carbocycles. The summed E-state index contributed by atoms with van der Waals surface area (Å²) >= 11 is 3.52. The molecule has 0 spiro atoms. The fourth-order valence-corrected chi connectivity index (χ4v) is 2.54. The largest absolute Gasteiger partial charge is 0.496 e. The summed E-state index contributed by atoms with van der Waals surface area (Å²) in [6.07, 6.45) is 6.19. The van der Waals surface area contributed by atoms with Crippen molar-refractivity contribution in [1.29, 1.82) is 0 Å². The smallest absolute Gasteiger partial charge is 0.122 e. The number of benzene rings is 1. The number of unbranched alkanes of at least 4 members (excludes halogenated alkanes) is 3. The van der Waals surface area contributed by atoms with Crippen LogP contribution in [0.3, 0.4) is 0 Å². The van der Waals surface area contributed by atoms with Crippen LogP contribution in [0.25, 0.3) is 0 Å². The third-order valence-corrected chi connectivity index (χ3v) is 3.66. The van der Waals surface area contributed by atoms with Gasteiger partial charge in [-0.05, 0) is 49.6 Å². The van der Waals surface area contributed by atoms with Crippen LogP contribution in [0.2, 0.25) is 0 Å². The van der Waals surface area contributed by atoms with E-state index in [0.29, 0.717) is 6.04 Å². The van der Waals surface area contributed by atoms with Crippen LogP contribution in [0, 0.1) is 0 Å². The lowest BCUT2D eigenvalue weighted by molar-refractivity contribution is 0.408. The van der Waals surface area contributed by atoms with Gasteiger partial charge in [-0.2, -0.15) is 0 Å². The number of hydrogen-bond donors (Lipinski definition) is 1. The Morgan fingerprint density at radius 1 is 1.16 bits per heavy atom. The monoisotopic (exact) mass is 327 g/mol. The molecule has 0 aliphatic heterocycles. The zero-order valence-corrected chi connectivity index (χ0v) is 13.9. The number of hydrogen-bond acceptors (Lipinski definition) is 2. The van der Waals surface area contributed by atoms with Gasteiger partial charge in [0.25, 0.3) is 0 Å². The van der Waals surface area contributed by atoms with E-state index in [9.17, 15) is 0 Å². The molecule has 108 valence electrons. The molecule has 0 aliphatic rings. The van der Waals surface area contributed by atoms with Gasteiger partial charge < -0.3 is 10.1 Å². The summed E-state index contributed by atoms with van der Waals surface area (Å²) in [5, 5.41) is 3.45. The molecular formula is C16H26BrNO. The third-order valence-electron chi connectivity index (χ3n) is 3.17. The quantitative estimate of drug-likeness (QED) is 0.671.